The van der Waals surface area contributed by atoms with E-state index in [0.29, 0.717) is 11.1 Å². The summed E-state index contributed by atoms with van der Waals surface area (Å²) in [5.41, 5.74) is 0.433. The topological polar surface area (TPSA) is 243 Å². The van der Waals surface area contributed by atoms with E-state index in [-0.39, 0.29) is 58.3 Å². The number of anilines is 2. The molecule has 2 unspecified atom stereocenters. The number of rotatable bonds is 6. The minimum Gasteiger partial charge on any atom is -0.308 e. The summed E-state index contributed by atoms with van der Waals surface area (Å²) < 4.78 is 67.9. The molecule has 17 heteroatoms. The Morgan fingerprint density at radius 3 is 1.44 bits per heavy atom. The zero-order valence-electron chi connectivity index (χ0n) is 26.6. The highest BCUT2D eigenvalue weighted by Crippen LogP contribution is 2.32. The number of carbonyl (C=O) groups is 5. The van der Waals surface area contributed by atoms with Gasteiger partial charge in [0.25, 0.3) is 32.1 Å². The standard InChI is InChI=1S/C35H26N4O11S2/c40-27-9-7-19-17-31(51(45,46)47)29(15-23(19)13-27)38-33(42)21-3-1-5-25(11-21)36-35(44)37-26-6-2-4-22(12-26)34(43)39-30-16-24-14-28(41)10-8-20(24)18-32(30)52(48,49)50/h1-12,15-20H,13-14H2,(H2,36,37,44)(H,45,46,47)(H,48,49,50). The summed E-state index contributed by atoms with van der Waals surface area (Å²) in [6, 6.07) is 10.2. The number of hydrogen-bond donors (Lipinski definition) is 4. The van der Waals surface area contributed by atoms with E-state index in [9.17, 15) is 49.9 Å². The fourth-order valence-corrected chi connectivity index (χ4v) is 7.12. The van der Waals surface area contributed by atoms with E-state index in [0.717, 1.165) is 0 Å². The maximum Gasteiger partial charge on any atom is 0.323 e. The van der Waals surface area contributed by atoms with E-state index in [2.05, 4.69) is 20.6 Å². The molecule has 0 heterocycles. The summed E-state index contributed by atoms with van der Waals surface area (Å²) >= 11 is 0. The average Bonchev–Trinajstić information content (AvgIpc) is 3.06. The Labute approximate surface area is 296 Å². The van der Waals surface area contributed by atoms with Gasteiger partial charge in [-0.3, -0.25) is 28.3 Å². The van der Waals surface area contributed by atoms with Crippen LogP contribution in [-0.4, -0.2) is 66.8 Å². The van der Waals surface area contributed by atoms with Crippen molar-refractivity contribution in [3.63, 3.8) is 0 Å². The molecule has 264 valence electrons. The van der Waals surface area contributed by atoms with Gasteiger partial charge in [-0.25, -0.2) is 14.8 Å². The third-order valence-corrected chi connectivity index (χ3v) is 9.94. The predicted molar refractivity (Wildman–Crippen MR) is 189 cm³/mol. The summed E-state index contributed by atoms with van der Waals surface area (Å²) in [6.07, 6.45) is 10.5. The van der Waals surface area contributed by atoms with Gasteiger partial charge in [0.2, 0.25) is 0 Å². The lowest BCUT2D eigenvalue weighted by Crippen LogP contribution is -2.22. The highest BCUT2D eigenvalue weighted by Gasteiger charge is 2.31. The summed E-state index contributed by atoms with van der Waals surface area (Å²) in [7, 11) is -9.57. The molecule has 4 aliphatic carbocycles. The zero-order chi connectivity index (χ0) is 37.4. The molecule has 2 atom stereocenters. The number of amides is 4. The van der Waals surface area contributed by atoms with E-state index >= 15 is 0 Å². The van der Waals surface area contributed by atoms with Crippen molar-refractivity contribution in [3.8, 4) is 0 Å². The van der Waals surface area contributed by atoms with Crippen LogP contribution >= 0.6 is 0 Å². The van der Waals surface area contributed by atoms with Crippen molar-refractivity contribution in [1.29, 1.82) is 0 Å². The van der Waals surface area contributed by atoms with Gasteiger partial charge in [0.1, 0.15) is 9.81 Å². The van der Waals surface area contributed by atoms with Gasteiger partial charge in [-0.15, -0.1) is 0 Å². The highest BCUT2D eigenvalue weighted by molar-refractivity contribution is 7.91. The predicted octanol–water partition coefficient (Wildman–Crippen LogP) is 4.21. The Bertz CT molecular complexity index is 2300. The Balaban J connectivity index is 1.17. The van der Waals surface area contributed by atoms with E-state index in [4.69, 9.17) is 0 Å². The van der Waals surface area contributed by atoms with Gasteiger partial charge in [-0.2, -0.15) is 16.8 Å². The first-order valence-corrected chi connectivity index (χ1v) is 18.2. The molecule has 4 aliphatic rings. The second-order valence-corrected chi connectivity index (χ2v) is 14.6. The van der Waals surface area contributed by atoms with Crippen molar-refractivity contribution in [2.24, 2.45) is 21.8 Å². The highest BCUT2D eigenvalue weighted by atomic mass is 32.2. The van der Waals surface area contributed by atoms with Crippen LogP contribution in [-0.2, 0) is 29.8 Å². The molecule has 52 heavy (non-hydrogen) atoms. The van der Waals surface area contributed by atoms with Gasteiger partial charge in [0.15, 0.2) is 11.6 Å². The minimum absolute atomic E-state index is 0.0183. The van der Waals surface area contributed by atoms with Crippen LogP contribution in [0, 0.1) is 11.8 Å². The van der Waals surface area contributed by atoms with Gasteiger partial charge in [-0.1, -0.05) is 36.4 Å². The summed E-state index contributed by atoms with van der Waals surface area (Å²) in [6.45, 7) is 0. The molecule has 0 saturated heterocycles. The Kier molecular flexibility index (Phi) is 9.61. The van der Waals surface area contributed by atoms with Gasteiger partial charge < -0.3 is 10.6 Å². The summed E-state index contributed by atoms with van der Waals surface area (Å²) in [5.74, 6) is -3.39. The lowest BCUT2D eigenvalue weighted by Gasteiger charge is -2.22. The molecular weight excluding hydrogens is 717 g/mol. The molecule has 2 aromatic carbocycles. The molecule has 0 fully saturated rings. The SMILES string of the molecule is O=C1C=CC2C=C(S(=O)(=O)O)C(=NC(=O)c3cccc(NC(=O)Nc4cccc(C(=O)N=C5C=C6CC(=O)C=CC6C=C5S(=O)(=O)O)c4)c3)C=C2C1. The Morgan fingerprint density at radius 1 is 0.654 bits per heavy atom. The van der Waals surface area contributed by atoms with Gasteiger partial charge in [-0.05, 0) is 71.8 Å². The second-order valence-electron chi connectivity index (χ2n) is 11.9. The van der Waals surface area contributed by atoms with Crippen LogP contribution in [0.2, 0.25) is 0 Å². The molecule has 15 nitrogen and oxygen atoms in total. The van der Waals surface area contributed by atoms with Crippen LogP contribution in [0.3, 0.4) is 0 Å². The lowest BCUT2D eigenvalue weighted by molar-refractivity contribution is -0.115. The molecule has 0 aliphatic heterocycles. The number of nitrogens with one attached hydrogen (secondary N) is 2. The number of urea groups is 1. The quantitative estimate of drug-likeness (QED) is 0.306. The van der Waals surface area contributed by atoms with Gasteiger partial charge in [0.05, 0.1) is 11.4 Å². The third-order valence-electron chi connectivity index (χ3n) is 8.14. The lowest BCUT2D eigenvalue weighted by atomic mass is 9.85. The van der Waals surface area contributed by atoms with Crippen molar-refractivity contribution >= 4 is 72.4 Å². The molecule has 0 aromatic heterocycles. The maximum absolute atomic E-state index is 13.1. The third kappa shape index (κ3) is 8.13. The monoisotopic (exact) mass is 742 g/mol. The number of ketones is 2. The number of fused-ring (bicyclic) bond motifs is 2. The van der Waals surface area contributed by atoms with Crippen molar-refractivity contribution in [1.82, 2.24) is 0 Å². The Hall–Kier alpha value is -6.01. The molecule has 0 spiro atoms. The first-order valence-electron chi connectivity index (χ1n) is 15.3. The largest absolute Gasteiger partial charge is 0.323 e. The first-order chi connectivity index (χ1) is 24.5. The van der Waals surface area contributed by atoms with Gasteiger partial charge in [0, 0.05) is 47.2 Å². The normalized spacial score (nSPS) is 21.3. The minimum atomic E-state index is -4.78. The summed E-state index contributed by atoms with van der Waals surface area (Å²) in [4.78, 5) is 69.4. The maximum atomic E-state index is 13.1. The second kappa shape index (κ2) is 14.0. The molecule has 4 N–H and O–H groups in total. The smallest absolute Gasteiger partial charge is 0.308 e. The van der Waals surface area contributed by atoms with E-state index in [1.54, 1.807) is 0 Å². The molecular formula is C35H26N4O11S2. The molecule has 2 aromatic rings. The van der Waals surface area contributed by atoms with Crippen LogP contribution < -0.4 is 10.6 Å². The van der Waals surface area contributed by atoms with E-state index < -0.39 is 59.7 Å². The zero-order valence-corrected chi connectivity index (χ0v) is 28.2. The average molecular weight is 743 g/mol. The molecule has 0 bridgehead atoms. The van der Waals surface area contributed by atoms with E-state index in [1.165, 1.54) is 97.1 Å². The molecule has 6 rings (SSSR count). The number of hydrogen-bond acceptors (Lipinski definition) is 9. The number of aliphatic imine (C=N–C) groups is 2. The van der Waals surface area contributed by atoms with Crippen LogP contribution in [0.1, 0.15) is 33.6 Å². The number of carbonyl (C=O) groups excluding carboxylic acids is 5. The fourth-order valence-electron chi connectivity index (χ4n) is 5.75. The van der Waals surface area contributed by atoms with E-state index in [1.807, 2.05) is 0 Å². The molecule has 0 saturated carbocycles. The number of benzene rings is 2. The molecule has 4 amide bonds. The van der Waals surface area contributed by atoms with Gasteiger partial charge >= 0.3 is 6.03 Å². The Morgan fingerprint density at radius 2 is 1.06 bits per heavy atom. The van der Waals surface area contributed by atoms with Crippen LogP contribution in [0.4, 0.5) is 16.2 Å². The first kappa shape index (κ1) is 35.8. The van der Waals surface area contributed by atoms with Crippen molar-refractivity contribution < 1.29 is 49.9 Å². The van der Waals surface area contributed by atoms with Crippen LogP contribution in [0.25, 0.3) is 0 Å². The van der Waals surface area contributed by atoms with Crippen molar-refractivity contribution in [2.45, 2.75) is 12.8 Å². The fraction of sp³-hybridized carbons (Fsp3) is 0.114. The molecule has 0 radical (unpaired) electrons. The van der Waals surface area contributed by atoms with Crippen molar-refractivity contribution in [2.75, 3.05) is 10.6 Å². The van der Waals surface area contributed by atoms with Crippen LogP contribution in [0.5, 0.6) is 0 Å². The van der Waals surface area contributed by atoms with Crippen LogP contribution in [0.15, 0.2) is 128 Å². The summed E-state index contributed by atoms with van der Waals surface area (Å²) in [5, 5.41) is 5.04. The number of allylic oxidation sites excluding steroid dienone is 12. The number of nitrogens with zero attached hydrogens (tertiary/aromatic N) is 2. The van der Waals surface area contributed by atoms with Crippen molar-refractivity contribution in [3.05, 3.63) is 129 Å².